The number of rotatable bonds is 5. The van der Waals surface area contributed by atoms with Gasteiger partial charge in [0.25, 0.3) is 0 Å². The van der Waals surface area contributed by atoms with Crippen LogP contribution in [0.4, 0.5) is 0 Å². The first kappa shape index (κ1) is 12.8. The quantitative estimate of drug-likeness (QED) is 0.783. The zero-order chi connectivity index (χ0) is 14.1. The van der Waals surface area contributed by atoms with Gasteiger partial charge in [0.1, 0.15) is 10.0 Å². The first-order valence-corrected chi connectivity index (χ1v) is 7.98. The van der Waals surface area contributed by atoms with Crippen molar-refractivity contribution >= 4 is 22.4 Å². The van der Waals surface area contributed by atoms with Gasteiger partial charge < -0.3 is 5.32 Å². The topological polar surface area (TPSA) is 63.6 Å². The summed E-state index contributed by atoms with van der Waals surface area (Å²) in [5, 5.41) is 14.1. The zero-order valence-corrected chi connectivity index (χ0v) is 12.3. The van der Waals surface area contributed by atoms with E-state index in [0.717, 1.165) is 45.6 Å². The van der Waals surface area contributed by atoms with Crippen LogP contribution in [0.1, 0.15) is 17.8 Å². The molecule has 0 amide bonds. The molecule has 0 spiro atoms. The zero-order valence-electron chi connectivity index (χ0n) is 11.5. The summed E-state index contributed by atoms with van der Waals surface area (Å²) < 4.78 is 0. The Labute approximate surface area is 126 Å². The summed E-state index contributed by atoms with van der Waals surface area (Å²) in [6, 6.07) is 6.73. The van der Waals surface area contributed by atoms with Crippen molar-refractivity contribution in [2.45, 2.75) is 25.3 Å². The Morgan fingerprint density at radius 1 is 1.14 bits per heavy atom. The minimum Gasteiger partial charge on any atom is -0.314 e. The van der Waals surface area contributed by atoms with Crippen LogP contribution in [-0.4, -0.2) is 32.8 Å². The normalized spacial score (nSPS) is 14.7. The molecule has 0 atom stereocenters. The second-order valence-corrected chi connectivity index (χ2v) is 6.27. The number of aromatic nitrogens is 4. The molecule has 0 bridgehead atoms. The highest BCUT2D eigenvalue weighted by Crippen LogP contribution is 2.28. The molecule has 2 aromatic heterocycles. The molecule has 4 rings (SSSR count). The maximum atomic E-state index is 4.42. The summed E-state index contributed by atoms with van der Waals surface area (Å²) in [5.41, 5.74) is 2.79. The van der Waals surface area contributed by atoms with Gasteiger partial charge in [0.15, 0.2) is 0 Å². The second-order valence-electron chi connectivity index (χ2n) is 5.21. The van der Waals surface area contributed by atoms with Crippen molar-refractivity contribution in [2.24, 2.45) is 0 Å². The van der Waals surface area contributed by atoms with Crippen LogP contribution in [0, 0.1) is 0 Å². The Kier molecular flexibility index (Phi) is 3.33. The van der Waals surface area contributed by atoms with Crippen LogP contribution in [0.2, 0.25) is 0 Å². The van der Waals surface area contributed by atoms with E-state index in [1.165, 1.54) is 12.8 Å². The van der Waals surface area contributed by atoms with Crippen molar-refractivity contribution in [1.29, 1.82) is 0 Å². The predicted molar refractivity (Wildman–Crippen MR) is 83.2 cm³/mol. The summed E-state index contributed by atoms with van der Waals surface area (Å²) in [4.78, 5) is 8.76. The van der Waals surface area contributed by atoms with E-state index in [2.05, 4.69) is 25.5 Å². The van der Waals surface area contributed by atoms with Crippen LogP contribution in [0.5, 0.6) is 0 Å². The van der Waals surface area contributed by atoms with Crippen molar-refractivity contribution in [1.82, 2.24) is 25.5 Å². The molecule has 0 unspecified atom stereocenters. The van der Waals surface area contributed by atoms with Crippen LogP contribution >= 0.6 is 11.3 Å². The molecule has 1 N–H and O–H groups in total. The standard InChI is InChI=1S/C15H15N5S/c1-2-11(14-12(3-1)17-8-9-18-14)15-20-19-13(21-15)6-7-16-10-4-5-10/h1-3,8-10,16H,4-7H2. The van der Waals surface area contributed by atoms with Gasteiger partial charge in [-0.05, 0) is 25.0 Å². The molecule has 1 aromatic carbocycles. The molecular formula is C15H15N5S. The fourth-order valence-corrected chi connectivity index (χ4v) is 3.16. The lowest BCUT2D eigenvalue weighted by atomic mass is 10.2. The Morgan fingerprint density at radius 3 is 2.95 bits per heavy atom. The Morgan fingerprint density at radius 2 is 2.05 bits per heavy atom. The summed E-state index contributed by atoms with van der Waals surface area (Å²) >= 11 is 1.64. The molecule has 1 aliphatic carbocycles. The maximum absolute atomic E-state index is 4.42. The highest BCUT2D eigenvalue weighted by Gasteiger charge is 2.20. The van der Waals surface area contributed by atoms with Crippen LogP contribution in [-0.2, 0) is 6.42 Å². The van der Waals surface area contributed by atoms with Crippen LogP contribution in [0.3, 0.4) is 0 Å². The van der Waals surface area contributed by atoms with Gasteiger partial charge in [0.05, 0.1) is 11.0 Å². The van der Waals surface area contributed by atoms with E-state index in [-0.39, 0.29) is 0 Å². The van der Waals surface area contributed by atoms with E-state index in [4.69, 9.17) is 0 Å². The van der Waals surface area contributed by atoms with Crippen molar-refractivity contribution in [3.63, 3.8) is 0 Å². The van der Waals surface area contributed by atoms with Gasteiger partial charge in [-0.25, -0.2) is 0 Å². The van der Waals surface area contributed by atoms with E-state index in [0.29, 0.717) is 0 Å². The van der Waals surface area contributed by atoms with Crippen molar-refractivity contribution in [3.8, 4) is 10.6 Å². The lowest BCUT2D eigenvalue weighted by molar-refractivity contribution is 0.677. The van der Waals surface area contributed by atoms with Gasteiger partial charge in [0.2, 0.25) is 0 Å². The lowest BCUT2D eigenvalue weighted by Crippen LogP contribution is -2.19. The van der Waals surface area contributed by atoms with Gasteiger partial charge >= 0.3 is 0 Å². The first-order chi connectivity index (χ1) is 10.4. The van der Waals surface area contributed by atoms with E-state index < -0.39 is 0 Å². The van der Waals surface area contributed by atoms with Crippen molar-refractivity contribution in [2.75, 3.05) is 6.54 Å². The van der Waals surface area contributed by atoms with E-state index in [9.17, 15) is 0 Å². The van der Waals surface area contributed by atoms with E-state index >= 15 is 0 Å². The summed E-state index contributed by atoms with van der Waals surface area (Å²) in [6.45, 7) is 0.981. The number of hydrogen-bond donors (Lipinski definition) is 1. The number of benzene rings is 1. The second kappa shape index (κ2) is 5.46. The monoisotopic (exact) mass is 297 g/mol. The molecule has 1 saturated carbocycles. The van der Waals surface area contributed by atoms with Crippen LogP contribution < -0.4 is 5.32 Å². The summed E-state index contributed by atoms with van der Waals surface area (Å²) in [7, 11) is 0. The number of nitrogens with zero attached hydrogens (tertiary/aromatic N) is 4. The van der Waals surface area contributed by atoms with E-state index in [1.807, 2.05) is 18.2 Å². The van der Waals surface area contributed by atoms with Crippen molar-refractivity contribution in [3.05, 3.63) is 35.6 Å². The molecule has 1 fully saturated rings. The Hall–Kier alpha value is -1.92. The number of nitrogens with one attached hydrogen (secondary N) is 1. The van der Waals surface area contributed by atoms with Gasteiger partial charge in [-0.1, -0.05) is 17.4 Å². The third kappa shape index (κ3) is 2.77. The molecule has 0 aliphatic heterocycles. The third-order valence-corrected chi connectivity index (χ3v) is 4.56. The highest BCUT2D eigenvalue weighted by molar-refractivity contribution is 7.14. The first-order valence-electron chi connectivity index (χ1n) is 7.16. The molecular weight excluding hydrogens is 282 g/mol. The van der Waals surface area contributed by atoms with Crippen LogP contribution in [0.25, 0.3) is 21.6 Å². The van der Waals surface area contributed by atoms with E-state index in [1.54, 1.807) is 23.7 Å². The molecule has 21 heavy (non-hydrogen) atoms. The molecule has 2 heterocycles. The molecule has 6 heteroatoms. The number of para-hydroxylation sites is 1. The minimum atomic E-state index is 0.741. The summed E-state index contributed by atoms with van der Waals surface area (Å²) in [6.07, 6.45) is 6.99. The molecule has 3 aromatic rings. The number of hydrogen-bond acceptors (Lipinski definition) is 6. The maximum Gasteiger partial charge on any atom is 0.150 e. The fourth-order valence-electron chi connectivity index (χ4n) is 2.30. The highest BCUT2D eigenvalue weighted by atomic mass is 32.1. The van der Waals surface area contributed by atoms with Gasteiger partial charge in [-0.3, -0.25) is 9.97 Å². The Balaban J connectivity index is 1.58. The average molecular weight is 297 g/mol. The van der Waals surface area contributed by atoms with Gasteiger partial charge in [0, 0.05) is 37.0 Å². The average Bonchev–Trinajstić information content (AvgIpc) is 3.23. The molecule has 1 aliphatic rings. The predicted octanol–water partition coefficient (Wildman–Crippen LogP) is 2.44. The van der Waals surface area contributed by atoms with Crippen LogP contribution in [0.15, 0.2) is 30.6 Å². The molecule has 0 radical (unpaired) electrons. The number of fused-ring (bicyclic) bond motifs is 1. The van der Waals surface area contributed by atoms with Gasteiger partial charge in [-0.15, -0.1) is 10.2 Å². The fraction of sp³-hybridized carbons (Fsp3) is 0.333. The minimum absolute atomic E-state index is 0.741. The van der Waals surface area contributed by atoms with Crippen molar-refractivity contribution < 1.29 is 0 Å². The third-order valence-electron chi connectivity index (χ3n) is 3.55. The molecule has 5 nitrogen and oxygen atoms in total. The Bertz CT molecular complexity index is 760. The largest absolute Gasteiger partial charge is 0.314 e. The van der Waals surface area contributed by atoms with Gasteiger partial charge in [-0.2, -0.15) is 0 Å². The summed E-state index contributed by atoms with van der Waals surface area (Å²) in [5.74, 6) is 0. The molecule has 0 saturated heterocycles. The SMILES string of the molecule is c1cc(-c2nnc(CCNC3CC3)s2)c2nccnc2c1. The molecule has 106 valence electrons. The lowest BCUT2D eigenvalue weighted by Gasteiger charge is -2.00. The smallest absolute Gasteiger partial charge is 0.150 e.